The first kappa shape index (κ1) is 14.5. The van der Waals surface area contributed by atoms with Crippen LogP contribution in [0.1, 0.15) is 6.92 Å². The van der Waals surface area contributed by atoms with Gasteiger partial charge in [0, 0.05) is 5.57 Å². The van der Waals surface area contributed by atoms with Crippen LogP contribution in [0.25, 0.3) is 0 Å². The normalized spacial score (nSPS) is 17.5. The molecule has 0 aromatic carbocycles. The molecule has 4 nitrogen and oxygen atoms in total. The second kappa shape index (κ2) is 7.03. The van der Waals surface area contributed by atoms with Crippen LogP contribution < -0.4 is 0 Å². The third-order valence-electron chi connectivity index (χ3n) is 2.74. The van der Waals surface area contributed by atoms with Crippen LogP contribution in [0.4, 0.5) is 0 Å². The largest absolute Gasteiger partial charge is 0.457 e. The van der Waals surface area contributed by atoms with E-state index >= 15 is 0 Å². The molecule has 0 aromatic rings. The Labute approximate surface area is 118 Å². The van der Waals surface area contributed by atoms with E-state index in [1.165, 1.54) is 0 Å². The highest BCUT2D eigenvalue weighted by Crippen LogP contribution is 2.14. The zero-order valence-electron chi connectivity index (χ0n) is 11.4. The highest BCUT2D eigenvalue weighted by atomic mass is 16.7. The van der Waals surface area contributed by atoms with Gasteiger partial charge >= 0.3 is 5.97 Å². The molecule has 0 aliphatic heterocycles. The van der Waals surface area contributed by atoms with Crippen LogP contribution >= 0.6 is 0 Å². The van der Waals surface area contributed by atoms with E-state index in [0.29, 0.717) is 5.57 Å². The van der Waals surface area contributed by atoms with Crippen LogP contribution in [0.5, 0.6) is 0 Å². The smallest absolute Gasteiger partial charge is 0.333 e. The molecule has 0 N–H and O–H groups in total. The van der Waals surface area contributed by atoms with E-state index in [9.17, 15) is 4.79 Å². The van der Waals surface area contributed by atoms with Crippen LogP contribution in [0.2, 0.25) is 0 Å². The number of carbonyl (C=O) groups is 1. The lowest BCUT2D eigenvalue weighted by Crippen LogP contribution is -2.31. The molecular weight excluding hydrogens is 256 g/mol. The number of rotatable bonds is 7. The fourth-order valence-electron chi connectivity index (χ4n) is 1.73. The maximum Gasteiger partial charge on any atom is 0.333 e. The predicted molar refractivity (Wildman–Crippen MR) is 75.9 cm³/mol. The highest BCUT2D eigenvalue weighted by molar-refractivity contribution is 5.86. The number of ether oxygens (including phenoxy) is 3. The lowest BCUT2D eigenvalue weighted by molar-refractivity contribution is -0.189. The average Bonchev–Trinajstić information content (AvgIpc) is 3.08. The molecule has 20 heavy (non-hydrogen) atoms. The van der Waals surface area contributed by atoms with Gasteiger partial charge in [0.25, 0.3) is 0 Å². The van der Waals surface area contributed by atoms with Gasteiger partial charge in [-0.25, -0.2) is 4.79 Å². The summed E-state index contributed by atoms with van der Waals surface area (Å²) in [6.07, 6.45) is 14.3. The summed E-state index contributed by atoms with van der Waals surface area (Å²) in [6, 6.07) is 0. The van der Waals surface area contributed by atoms with Gasteiger partial charge in [-0.2, -0.15) is 0 Å². The predicted octanol–water partition coefficient (Wildman–Crippen LogP) is 2.45. The Balaban J connectivity index is 1.88. The van der Waals surface area contributed by atoms with E-state index < -0.39 is 12.3 Å². The Morgan fingerprint density at radius 1 is 1.05 bits per heavy atom. The minimum atomic E-state index is -0.631. The summed E-state index contributed by atoms with van der Waals surface area (Å²) >= 11 is 0. The van der Waals surface area contributed by atoms with Gasteiger partial charge in [0.1, 0.15) is 6.61 Å². The zero-order valence-corrected chi connectivity index (χ0v) is 11.4. The first-order chi connectivity index (χ1) is 9.65. The van der Waals surface area contributed by atoms with Crippen LogP contribution in [-0.4, -0.2) is 31.1 Å². The van der Waals surface area contributed by atoms with Gasteiger partial charge in [-0.15, -0.1) is 0 Å². The third-order valence-corrected chi connectivity index (χ3v) is 2.74. The summed E-state index contributed by atoms with van der Waals surface area (Å²) in [5.74, 6) is -0.447. The van der Waals surface area contributed by atoms with Crippen molar-refractivity contribution in [3.8, 4) is 0 Å². The summed E-state index contributed by atoms with van der Waals surface area (Å²) in [7, 11) is 0. The van der Waals surface area contributed by atoms with Crippen LogP contribution in [-0.2, 0) is 19.0 Å². The number of hydrogen-bond donors (Lipinski definition) is 0. The van der Waals surface area contributed by atoms with Gasteiger partial charge in [0.2, 0.25) is 0 Å². The SMILES string of the molecule is C=C(C)C(=O)OCC(OC1C=CC=C1)OC1C=CC=C1. The van der Waals surface area contributed by atoms with Crippen molar-refractivity contribution in [2.45, 2.75) is 25.4 Å². The quantitative estimate of drug-likeness (QED) is 0.406. The van der Waals surface area contributed by atoms with Crippen molar-refractivity contribution in [3.63, 3.8) is 0 Å². The van der Waals surface area contributed by atoms with Crippen molar-refractivity contribution in [1.29, 1.82) is 0 Å². The molecule has 2 aliphatic rings. The second-order valence-electron chi connectivity index (χ2n) is 4.55. The molecule has 106 valence electrons. The minimum Gasteiger partial charge on any atom is -0.457 e. The topological polar surface area (TPSA) is 44.8 Å². The minimum absolute atomic E-state index is 0.0298. The Hall–Kier alpha value is -1.91. The van der Waals surface area contributed by atoms with E-state index in [1.807, 2.05) is 48.6 Å². The number of allylic oxidation sites excluding steroid dienone is 4. The molecule has 0 atom stereocenters. The molecule has 0 saturated carbocycles. The molecule has 0 heterocycles. The van der Waals surface area contributed by atoms with Gasteiger partial charge in [-0.1, -0.05) is 55.2 Å². The lowest BCUT2D eigenvalue weighted by atomic mass is 10.3. The standard InChI is InChI=1S/C16H18O4/c1-12(2)16(17)18-11-15(19-13-7-3-4-8-13)20-14-9-5-6-10-14/h3-10,13-15H,1,11H2,2H3. The van der Waals surface area contributed by atoms with E-state index in [1.54, 1.807) is 6.92 Å². The number of carbonyl (C=O) groups excluding carboxylic acids is 1. The maximum absolute atomic E-state index is 11.4. The van der Waals surface area contributed by atoms with Crippen molar-refractivity contribution in [2.75, 3.05) is 6.61 Å². The van der Waals surface area contributed by atoms with Crippen molar-refractivity contribution in [3.05, 3.63) is 60.8 Å². The molecular formula is C16H18O4. The van der Waals surface area contributed by atoms with Gasteiger partial charge in [0.15, 0.2) is 6.29 Å². The molecule has 0 saturated heterocycles. The summed E-state index contributed by atoms with van der Waals surface area (Å²) in [4.78, 5) is 11.4. The van der Waals surface area contributed by atoms with Gasteiger partial charge < -0.3 is 14.2 Å². The Morgan fingerprint density at radius 3 is 1.90 bits per heavy atom. The molecule has 2 aliphatic carbocycles. The zero-order chi connectivity index (χ0) is 14.4. The lowest BCUT2D eigenvalue weighted by Gasteiger charge is -2.22. The monoisotopic (exact) mass is 274 g/mol. The first-order valence-corrected chi connectivity index (χ1v) is 6.48. The summed E-state index contributed by atoms with van der Waals surface area (Å²) in [5, 5.41) is 0. The van der Waals surface area contributed by atoms with Crippen molar-refractivity contribution < 1.29 is 19.0 Å². The van der Waals surface area contributed by atoms with Crippen LogP contribution in [0.15, 0.2) is 60.8 Å². The molecule has 2 rings (SSSR count). The van der Waals surface area contributed by atoms with Gasteiger partial charge in [0.05, 0.1) is 12.2 Å². The summed E-state index contributed by atoms with van der Waals surface area (Å²) in [6.45, 7) is 5.17. The molecule has 0 bridgehead atoms. The van der Waals surface area contributed by atoms with Crippen molar-refractivity contribution in [1.82, 2.24) is 0 Å². The van der Waals surface area contributed by atoms with Gasteiger partial charge in [-0.05, 0) is 6.92 Å². The van der Waals surface area contributed by atoms with E-state index in [4.69, 9.17) is 14.2 Å². The fraction of sp³-hybridized carbons (Fsp3) is 0.312. The number of esters is 1. The molecule has 0 spiro atoms. The van der Waals surface area contributed by atoms with E-state index in [2.05, 4.69) is 6.58 Å². The van der Waals surface area contributed by atoms with Crippen molar-refractivity contribution >= 4 is 5.97 Å². The first-order valence-electron chi connectivity index (χ1n) is 6.48. The highest BCUT2D eigenvalue weighted by Gasteiger charge is 2.20. The Morgan fingerprint density at radius 2 is 1.50 bits per heavy atom. The second-order valence-corrected chi connectivity index (χ2v) is 4.55. The van der Waals surface area contributed by atoms with Crippen molar-refractivity contribution in [2.24, 2.45) is 0 Å². The molecule has 0 radical (unpaired) electrons. The number of hydrogen-bond acceptors (Lipinski definition) is 4. The van der Waals surface area contributed by atoms with Crippen LogP contribution in [0.3, 0.4) is 0 Å². The van der Waals surface area contributed by atoms with E-state index in [-0.39, 0.29) is 18.8 Å². The molecule has 0 amide bonds. The average molecular weight is 274 g/mol. The third kappa shape index (κ3) is 4.33. The Bertz CT molecular complexity index is 431. The molecule has 0 unspecified atom stereocenters. The summed E-state index contributed by atoms with van der Waals surface area (Å²) in [5.41, 5.74) is 0.352. The molecule has 4 heteroatoms. The van der Waals surface area contributed by atoms with Gasteiger partial charge in [-0.3, -0.25) is 0 Å². The Kier molecular flexibility index (Phi) is 5.09. The molecule has 0 fully saturated rings. The molecule has 0 aromatic heterocycles. The maximum atomic E-state index is 11.4. The van der Waals surface area contributed by atoms with E-state index in [0.717, 1.165) is 0 Å². The summed E-state index contributed by atoms with van der Waals surface area (Å²) < 4.78 is 16.6. The van der Waals surface area contributed by atoms with Crippen LogP contribution in [0, 0.1) is 0 Å². The fourth-order valence-corrected chi connectivity index (χ4v) is 1.73.